The van der Waals surface area contributed by atoms with E-state index in [9.17, 15) is 9.59 Å². The van der Waals surface area contributed by atoms with Gasteiger partial charge in [-0.1, -0.05) is 60.8 Å². The zero-order valence-electron chi connectivity index (χ0n) is 20.9. The van der Waals surface area contributed by atoms with Gasteiger partial charge in [-0.2, -0.15) is 0 Å². The summed E-state index contributed by atoms with van der Waals surface area (Å²) in [7, 11) is 0. The van der Waals surface area contributed by atoms with E-state index in [-0.39, 0.29) is 22.6 Å². The van der Waals surface area contributed by atoms with Gasteiger partial charge in [-0.15, -0.1) is 0 Å². The largest absolute Gasteiger partial charge is 0.350 e. The number of pyridine rings is 2. The molecule has 0 saturated heterocycles. The van der Waals surface area contributed by atoms with Crippen LogP contribution >= 0.6 is 0 Å². The van der Waals surface area contributed by atoms with Crippen molar-refractivity contribution in [3.63, 3.8) is 0 Å². The summed E-state index contributed by atoms with van der Waals surface area (Å²) in [4.78, 5) is 35.8. The molecule has 33 heavy (non-hydrogen) atoms. The van der Waals surface area contributed by atoms with Gasteiger partial charge in [-0.25, -0.2) is 0 Å². The molecule has 3 rings (SSSR count). The number of amides is 2. The quantitative estimate of drug-likeness (QED) is 0.684. The van der Waals surface area contributed by atoms with E-state index in [4.69, 9.17) is 4.98 Å². The summed E-state index contributed by atoms with van der Waals surface area (Å²) in [5.41, 5.74) is 2.01. The van der Waals surface area contributed by atoms with Crippen molar-refractivity contribution in [3.8, 4) is 0 Å². The van der Waals surface area contributed by atoms with E-state index in [1.807, 2.05) is 24.3 Å². The van der Waals surface area contributed by atoms with Gasteiger partial charge in [0.15, 0.2) is 0 Å². The third-order valence-corrected chi connectivity index (χ3v) is 6.32. The fourth-order valence-corrected chi connectivity index (χ4v) is 4.14. The minimum absolute atomic E-state index is 0.117. The molecule has 0 atom stereocenters. The van der Waals surface area contributed by atoms with Crippen molar-refractivity contribution in [3.05, 3.63) is 59.2 Å². The maximum absolute atomic E-state index is 13.5. The molecule has 0 bridgehead atoms. The summed E-state index contributed by atoms with van der Waals surface area (Å²) < 4.78 is 0. The number of carbonyl (C=O) groups is 2. The van der Waals surface area contributed by atoms with E-state index in [0.717, 1.165) is 36.2 Å². The fraction of sp³-hybridized carbons (Fsp3) is 0.556. The highest BCUT2D eigenvalue weighted by molar-refractivity contribution is 5.99. The number of aromatic nitrogens is 2. The first-order chi connectivity index (χ1) is 15.4. The minimum Gasteiger partial charge on any atom is -0.350 e. The van der Waals surface area contributed by atoms with Gasteiger partial charge in [0.25, 0.3) is 5.91 Å². The third-order valence-electron chi connectivity index (χ3n) is 6.32. The maximum Gasteiger partial charge on any atom is 0.252 e. The van der Waals surface area contributed by atoms with E-state index in [0.29, 0.717) is 24.9 Å². The summed E-state index contributed by atoms with van der Waals surface area (Å²) in [6, 6.07) is 7.50. The first-order valence-corrected chi connectivity index (χ1v) is 11.9. The summed E-state index contributed by atoms with van der Waals surface area (Å²) in [5, 5.41) is 6.19. The van der Waals surface area contributed by atoms with Gasteiger partial charge >= 0.3 is 0 Å². The monoisotopic (exact) mass is 450 g/mol. The Morgan fingerprint density at radius 3 is 1.97 bits per heavy atom. The van der Waals surface area contributed by atoms with E-state index in [1.165, 1.54) is 0 Å². The Morgan fingerprint density at radius 1 is 0.909 bits per heavy atom. The van der Waals surface area contributed by atoms with Gasteiger partial charge in [0.2, 0.25) is 5.91 Å². The van der Waals surface area contributed by atoms with Crippen molar-refractivity contribution >= 4 is 11.8 Å². The Bertz CT molecular complexity index is 949. The Labute approximate surface area is 198 Å². The number of nitrogens with zero attached hydrogens (tertiary/aromatic N) is 2. The number of hydrogen-bond acceptors (Lipinski definition) is 4. The molecule has 0 radical (unpaired) electrons. The molecule has 2 N–H and O–H groups in total. The molecule has 1 aliphatic rings. The van der Waals surface area contributed by atoms with Crippen molar-refractivity contribution in [2.75, 3.05) is 0 Å². The van der Waals surface area contributed by atoms with Crippen molar-refractivity contribution in [2.24, 2.45) is 0 Å². The average molecular weight is 451 g/mol. The van der Waals surface area contributed by atoms with Crippen LogP contribution in [0.1, 0.15) is 101 Å². The Balaban J connectivity index is 1.87. The van der Waals surface area contributed by atoms with Gasteiger partial charge in [-0.05, 0) is 42.7 Å². The van der Waals surface area contributed by atoms with Crippen LogP contribution in [0, 0.1) is 0 Å². The normalized spacial score (nSPS) is 16.2. The van der Waals surface area contributed by atoms with Gasteiger partial charge in [-0.3, -0.25) is 19.6 Å². The second-order valence-electron chi connectivity index (χ2n) is 11.3. The van der Waals surface area contributed by atoms with Gasteiger partial charge in [0.05, 0.1) is 0 Å². The molecular weight excluding hydrogens is 412 g/mol. The maximum atomic E-state index is 13.5. The van der Waals surface area contributed by atoms with Crippen molar-refractivity contribution in [1.29, 1.82) is 0 Å². The lowest BCUT2D eigenvalue weighted by molar-refractivity contribution is -0.128. The van der Waals surface area contributed by atoms with Crippen LogP contribution in [0.3, 0.4) is 0 Å². The molecule has 0 unspecified atom stereocenters. The molecule has 6 nitrogen and oxygen atoms in total. The molecule has 0 aromatic carbocycles. The average Bonchev–Trinajstić information content (AvgIpc) is 2.77. The predicted molar refractivity (Wildman–Crippen MR) is 131 cm³/mol. The van der Waals surface area contributed by atoms with Crippen LogP contribution in [-0.4, -0.2) is 27.3 Å². The van der Waals surface area contributed by atoms with Gasteiger partial charge < -0.3 is 10.6 Å². The van der Waals surface area contributed by atoms with Crippen molar-refractivity contribution in [1.82, 2.24) is 20.6 Å². The summed E-state index contributed by atoms with van der Waals surface area (Å²) in [5.74, 6) is -0.331. The van der Waals surface area contributed by atoms with E-state index >= 15 is 0 Å². The highest BCUT2D eigenvalue weighted by atomic mass is 16.2. The molecule has 6 heteroatoms. The lowest BCUT2D eigenvalue weighted by Gasteiger charge is -2.37. The van der Waals surface area contributed by atoms with Crippen LogP contribution < -0.4 is 10.6 Å². The van der Waals surface area contributed by atoms with Crippen molar-refractivity contribution < 1.29 is 9.59 Å². The van der Waals surface area contributed by atoms with Gasteiger partial charge in [0, 0.05) is 46.7 Å². The molecule has 2 aromatic rings. The van der Waals surface area contributed by atoms with Crippen LogP contribution in [0.2, 0.25) is 0 Å². The van der Waals surface area contributed by atoms with Crippen LogP contribution in [0.4, 0.5) is 0 Å². The predicted octanol–water partition coefficient (Wildman–Crippen LogP) is 4.82. The van der Waals surface area contributed by atoms with Crippen LogP contribution in [0.15, 0.2) is 36.7 Å². The Morgan fingerprint density at radius 2 is 1.45 bits per heavy atom. The standard InChI is InChI=1S/C27H38N4O2/c1-25(2,3)21-16-20(17-22(30-21)26(4,5)6)23(32)31-27(12-8-7-9-13-27)24(33)29-18-19-10-14-28-15-11-19/h10-11,14-17H,7-9,12-13,18H2,1-6H3,(H,29,33)(H,31,32). The van der Waals surface area contributed by atoms with E-state index in [1.54, 1.807) is 12.4 Å². The summed E-state index contributed by atoms with van der Waals surface area (Å²) in [6.45, 7) is 13.0. The zero-order valence-corrected chi connectivity index (χ0v) is 20.9. The molecule has 2 amide bonds. The second-order valence-corrected chi connectivity index (χ2v) is 11.3. The molecular formula is C27H38N4O2. The molecule has 178 valence electrons. The topological polar surface area (TPSA) is 84.0 Å². The molecule has 1 saturated carbocycles. The molecule has 1 fully saturated rings. The number of carbonyl (C=O) groups excluding carboxylic acids is 2. The molecule has 0 aliphatic heterocycles. The molecule has 1 aliphatic carbocycles. The highest BCUT2D eigenvalue weighted by Gasteiger charge is 2.41. The van der Waals surface area contributed by atoms with Crippen LogP contribution in [-0.2, 0) is 22.2 Å². The first kappa shape index (κ1) is 24.9. The summed E-state index contributed by atoms with van der Waals surface area (Å²) >= 11 is 0. The number of rotatable bonds is 5. The second kappa shape index (κ2) is 9.62. The lowest BCUT2D eigenvalue weighted by Crippen LogP contribution is -2.59. The number of hydrogen-bond donors (Lipinski definition) is 2. The summed E-state index contributed by atoms with van der Waals surface area (Å²) in [6.07, 6.45) is 7.62. The van der Waals surface area contributed by atoms with E-state index in [2.05, 4.69) is 57.2 Å². The van der Waals surface area contributed by atoms with Gasteiger partial charge in [0.1, 0.15) is 5.54 Å². The zero-order chi connectivity index (χ0) is 24.3. The first-order valence-electron chi connectivity index (χ1n) is 11.9. The number of nitrogens with one attached hydrogen (secondary N) is 2. The highest BCUT2D eigenvalue weighted by Crippen LogP contribution is 2.31. The fourth-order valence-electron chi connectivity index (χ4n) is 4.14. The third kappa shape index (κ3) is 6.18. The van der Waals surface area contributed by atoms with Crippen LogP contribution in [0.25, 0.3) is 0 Å². The Kier molecular flexibility index (Phi) is 7.25. The SMILES string of the molecule is CC(C)(C)c1cc(C(=O)NC2(C(=O)NCc3ccncc3)CCCCC2)cc(C(C)(C)C)n1. The van der Waals surface area contributed by atoms with E-state index < -0.39 is 5.54 Å². The lowest BCUT2D eigenvalue weighted by atomic mass is 9.80. The van der Waals surface area contributed by atoms with Crippen molar-refractivity contribution in [2.45, 2.75) is 96.6 Å². The molecule has 2 aromatic heterocycles. The minimum atomic E-state index is -0.893. The smallest absolute Gasteiger partial charge is 0.252 e. The molecule has 0 spiro atoms. The Hall–Kier alpha value is -2.76. The van der Waals surface area contributed by atoms with Crippen LogP contribution in [0.5, 0.6) is 0 Å². The molecule has 2 heterocycles.